The van der Waals surface area contributed by atoms with Crippen molar-refractivity contribution in [1.82, 2.24) is 0 Å². The molecule has 1 atom stereocenters. The summed E-state index contributed by atoms with van der Waals surface area (Å²) in [6.07, 6.45) is 6.44. The minimum Gasteiger partial charge on any atom is -0.419 e. The van der Waals surface area contributed by atoms with Gasteiger partial charge in [-0.05, 0) is 18.6 Å². The molecule has 0 aromatic carbocycles. The molecule has 1 heterocycles. The maximum atomic E-state index is 10.8. The van der Waals surface area contributed by atoms with Crippen molar-refractivity contribution in [3.63, 3.8) is 0 Å². The van der Waals surface area contributed by atoms with Gasteiger partial charge in [-0.25, -0.2) is 0 Å². The van der Waals surface area contributed by atoms with Crippen LogP contribution >= 0.6 is 12.2 Å². The van der Waals surface area contributed by atoms with Gasteiger partial charge in [-0.1, -0.05) is 32.6 Å². The maximum absolute atomic E-state index is 10.8. The van der Waals surface area contributed by atoms with Crippen molar-refractivity contribution < 1.29 is 9.53 Å². The summed E-state index contributed by atoms with van der Waals surface area (Å²) >= 11 is 4.95. The van der Waals surface area contributed by atoms with E-state index in [1.165, 1.54) is 19.3 Å². The number of unbranched alkanes of at least 4 members (excludes halogenated alkanes) is 3. The Morgan fingerprint density at radius 3 is 2.77 bits per heavy atom. The van der Waals surface area contributed by atoms with Gasteiger partial charge in [0, 0.05) is 5.92 Å². The van der Waals surface area contributed by atoms with Gasteiger partial charge < -0.3 is 4.74 Å². The summed E-state index contributed by atoms with van der Waals surface area (Å²) in [4.78, 5) is 10.8. The summed E-state index contributed by atoms with van der Waals surface area (Å²) in [5.74, 6) is 0.0739. The quantitative estimate of drug-likeness (QED) is 0.388. The molecule has 1 saturated heterocycles. The largest absolute Gasteiger partial charge is 0.419 e. The van der Waals surface area contributed by atoms with E-state index in [0.29, 0.717) is 11.5 Å². The zero-order valence-electron chi connectivity index (χ0n) is 8.04. The number of carbonyl (C=O) groups excluding carboxylic acids is 1. The molecule has 1 fully saturated rings. The molecule has 2 nitrogen and oxygen atoms in total. The zero-order valence-corrected chi connectivity index (χ0v) is 8.86. The lowest BCUT2D eigenvalue weighted by atomic mass is 10.00. The topological polar surface area (TPSA) is 26.3 Å². The van der Waals surface area contributed by atoms with Crippen molar-refractivity contribution >= 4 is 23.2 Å². The first-order chi connectivity index (χ1) is 6.24. The van der Waals surface area contributed by atoms with Gasteiger partial charge >= 0.3 is 5.97 Å². The molecule has 0 amide bonds. The van der Waals surface area contributed by atoms with Crippen molar-refractivity contribution in [2.45, 2.75) is 45.4 Å². The van der Waals surface area contributed by atoms with Gasteiger partial charge in [-0.15, -0.1) is 0 Å². The molecule has 0 radical (unpaired) electrons. The molecule has 1 rings (SSSR count). The van der Waals surface area contributed by atoms with Gasteiger partial charge in [0.2, 0.25) is 0 Å². The summed E-state index contributed by atoms with van der Waals surface area (Å²) in [5, 5.41) is 0.515. The van der Waals surface area contributed by atoms with Gasteiger partial charge in [0.25, 0.3) is 0 Å². The number of cyclic esters (lactones) is 1. The van der Waals surface area contributed by atoms with Crippen LogP contribution in [0, 0.1) is 5.92 Å². The molecule has 0 bridgehead atoms. The Morgan fingerprint density at radius 1 is 1.46 bits per heavy atom. The minimum absolute atomic E-state index is 0.148. The number of esters is 1. The van der Waals surface area contributed by atoms with Crippen LogP contribution in [0.1, 0.15) is 45.4 Å². The molecule has 13 heavy (non-hydrogen) atoms. The Bertz CT molecular complexity index is 201. The average Bonchev–Trinajstić information content (AvgIpc) is 2.39. The molecule has 0 aliphatic carbocycles. The number of hydrogen-bond acceptors (Lipinski definition) is 3. The molecule has 0 saturated carbocycles. The van der Waals surface area contributed by atoms with Crippen LogP contribution in [0.3, 0.4) is 0 Å². The Kier molecular flexibility index (Phi) is 4.36. The average molecular weight is 200 g/mol. The lowest BCUT2D eigenvalue weighted by molar-refractivity contribution is -0.133. The van der Waals surface area contributed by atoms with E-state index < -0.39 is 0 Å². The summed E-state index contributed by atoms with van der Waals surface area (Å²) in [6, 6.07) is 0. The molecule has 0 aromatic rings. The lowest BCUT2D eigenvalue weighted by Crippen LogP contribution is -2.04. The summed E-state index contributed by atoms with van der Waals surface area (Å²) in [7, 11) is 0. The highest BCUT2D eigenvalue weighted by molar-refractivity contribution is 7.80. The second-order valence-electron chi connectivity index (χ2n) is 3.54. The minimum atomic E-state index is -0.148. The third kappa shape index (κ3) is 3.43. The van der Waals surface area contributed by atoms with Crippen LogP contribution < -0.4 is 0 Å². The van der Waals surface area contributed by atoms with Crippen LogP contribution in [0.2, 0.25) is 0 Å². The number of hydrogen-bond donors (Lipinski definition) is 0. The van der Waals surface area contributed by atoms with Gasteiger partial charge in [0.15, 0.2) is 5.05 Å². The standard InChI is InChI=1S/C10H16O2S/c1-2-3-4-5-6-8-7-9(11)12-10(8)13/h8H,2-7H2,1H3. The van der Waals surface area contributed by atoms with Crippen LogP contribution in [0.4, 0.5) is 0 Å². The highest BCUT2D eigenvalue weighted by atomic mass is 32.1. The second-order valence-corrected chi connectivity index (χ2v) is 3.95. The third-order valence-electron chi connectivity index (χ3n) is 2.37. The van der Waals surface area contributed by atoms with Gasteiger partial charge in [-0.3, -0.25) is 4.79 Å². The van der Waals surface area contributed by atoms with E-state index in [4.69, 9.17) is 17.0 Å². The molecule has 1 aliphatic rings. The predicted octanol–water partition coefficient (Wildman–Crippen LogP) is 2.85. The molecule has 3 heteroatoms. The first kappa shape index (κ1) is 10.6. The zero-order chi connectivity index (χ0) is 9.68. The van der Waals surface area contributed by atoms with Crippen molar-refractivity contribution in [3.8, 4) is 0 Å². The lowest BCUT2D eigenvalue weighted by Gasteiger charge is -2.04. The van der Waals surface area contributed by atoms with E-state index in [1.54, 1.807) is 0 Å². The monoisotopic (exact) mass is 200 g/mol. The van der Waals surface area contributed by atoms with Gasteiger partial charge in [0.05, 0.1) is 6.42 Å². The summed E-state index contributed by atoms with van der Waals surface area (Å²) in [6.45, 7) is 2.19. The SMILES string of the molecule is CCCCCCC1CC(=O)OC1=S. The number of rotatable bonds is 5. The molecule has 1 aliphatic heterocycles. The molecule has 0 aromatic heterocycles. The van der Waals surface area contributed by atoms with E-state index in [0.717, 1.165) is 12.8 Å². The number of thiocarbonyl (C=S) groups is 1. The van der Waals surface area contributed by atoms with E-state index in [9.17, 15) is 4.79 Å². The Morgan fingerprint density at radius 2 is 2.23 bits per heavy atom. The van der Waals surface area contributed by atoms with Crippen LogP contribution in [0.5, 0.6) is 0 Å². The Labute approximate surface area is 84.7 Å². The number of ether oxygens (including phenoxy) is 1. The Balaban J connectivity index is 2.14. The normalized spacial score (nSPS) is 22.1. The second kappa shape index (κ2) is 5.32. The van der Waals surface area contributed by atoms with Crippen LogP contribution in [-0.2, 0) is 9.53 Å². The predicted molar refractivity (Wildman–Crippen MR) is 55.6 cm³/mol. The number of carbonyl (C=O) groups is 1. The maximum Gasteiger partial charge on any atom is 0.312 e. The molecule has 0 spiro atoms. The first-order valence-corrected chi connectivity index (χ1v) is 5.39. The van der Waals surface area contributed by atoms with E-state index >= 15 is 0 Å². The van der Waals surface area contributed by atoms with Crippen molar-refractivity contribution in [3.05, 3.63) is 0 Å². The molecular weight excluding hydrogens is 184 g/mol. The molecular formula is C10H16O2S. The molecule has 1 unspecified atom stereocenters. The van der Waals surface area contributed by atoms with Crippen molar-refractivity contribution in [2.75, 3.05) is 0 Å². The van der Waals surface area contributed by atoms with Gasteiger partial charge in [-0.2, -0.15) is 0 Å². The van der Waals surface area contributed by atoms with Crippen LogP contribution in [0.15, 0.2) is 0 Å². The highest BCUT2D eigenvalue weighted by Gasteiger charge is 2.28. The van der Waals surface area contributed by atoms with Crippen molar-refractivity contribution in [2.24, 2.45) is 5.92 Å². The summed E-state index contributed by atoms with van der Waals surface area (Å²) < 4.78 is 4.82. The fourth-order valence-corrected chi connectivity index (χ4v) is 1.85. The van der Waals surface area contributed by atoms with E-state index in [1.807, 2.05) is 0 Å². The van der Waals surface area contributed by atoms with Crippen LogP contribution in [0.25, 0.3) is 0 Å². The van der Waals surface area contributed by atoms with E-state index in [-0.39, 0.29) is 11.9 Å². The molecule has 74 valence electrons. The van der Waals surface area contributed by atoms with Crippen LogP contribution in [-0.4, -0.2) is 11.0 Å². The fraction of sp³-hybridized carbons (Fsp3) is 0.800. The molecule has 0 N–H and O–H groups in total. The third-order valence-corrected chi connectivity index (χ3v) is 2.78. The van der Waals surface area contributed by atoms with E-state index in [2.05, 4.69) is 6.92 Å². The van der Waals surface area contributed by atoms with Gasteiger partial charge in [0.1, 0.15) is 0 Å². The fourth-order valence-electron chi connectivity index (χ4n) is 1.56. The smallest absolute Gasteiger partial charge is 0.312 e. The first-order valence-electron chi connectivity index (χ1n) is 4.98. The highest BCUT2D eigenvalue weighted by Crippen LogP contribution is 2.23. The summed E-state index contributed by atoms with van der Waals surface area (Å²) in [5.41, 5.74) is 0. The van der Waals surface area contributed by atoms with Crippen molar-refractivity contribution in [1.29, 1.82) is 0 Å². The Hall–Kier alpha value is -0.440.